The second-order valence-electron chi connectivity index (χ2n) is 5.26. The Morgan fingerprint density at radius 2 is 1.80 bits per heavy atom. The molecule has 0 saturated heterocycles. The van der Waals surface area contributed by atoms with Gasteiger partial charge in [0.25, 0.3) is 0 Å². The van der Waals surface area contributed by atoms with Crippen LogP contribution in [0, 0.1) is 11.3 Å². The number of nitriles is 1. The van der Waals surface area contributed by atoms with Gasteiger partial charge in [0.2, 0.25) is 10.0 Å². The highest BCUT2D eigenvalue weighted by molar-refractivity contribution is 7.89. The van der Waals surface area contributed by atoms with Crippen molar-refractivity contribution in [3.8, 4) is 17.2 Å². The average Bonchev–Trinajstić information content (AvgIpc) is 3.11. The number of aromatic nitrogens is 3. The van der Waals surface area contributed by atoms with Crippen LogP contribution in [0.15, 0.2) is 66.1 Å². The molecule has 126 valence electrons. The maximum absolute atomic E-state index is 12.2. The van der Waals surface area contributed by atoms with E-state index in [0.29, 0.717) is 12.1 Å². The average molecular weight is 353 g/mol. The first-order valence-corrected chi connectivity index (χ1v) is 8.99. The van der Waals surface area contributed by atoms with E-state index in [1.54, 1.807) is 23.3 Å². The van der Waals surface area contributed by atoms with Gasteiger partial charge in [-0.2, -0.15) is 10.4 Å². The van der Waals surface area contributed by atoms with Gasteiger partial charge < -0.3 is 0 Å². The molecule has 3 aromatic rings. The topological polar surface area (TPSA) is 101 Å². The Morgan fingerprint density at radius 1 is 1.08 bits per heavy atom. The molecule has 0 bridgehead atoms. The van der Waals surface area contributed by atoms with Crippen LogP contribution >= 0.6 is 0 Å². The lowest BCUT2D eigenvalue weighted by molar-refractivity contribution is 0.561. The van der Waals surface area contributed by atoms with Crippen LogP contribution in [0.1, 0.15) is 5.56 Å². The lowest BCUT2D eigenvalue weighted by Gasteiger charge is -2.07. The van der Waals surface area contributed by atoms with Crippen molar-refractivity contribution < 1.29 is 8.42 Å². The van der Waals surface area contributed by atoms with Gasteiger partial charge in [0.05, 0.1) is 29.3 Å². The first kappa shape index (κ1) is 16.8. The lowest BCUT2D eigenvalue weighted by Crippen LogP contribution is -2.27. The maximum Gasteiger partial charge on any atom is 0.240 e. The van der Waals surface area contributed by atoms with Crippen LogP contribution in [0.25, 0.3) is 11.1 Å². The summed E-state index contributed by atoms with van der Waals surface area (Å²) in [6, 6.07) is 11.5. The molecule has 0 amide bonds. The van der Waals surface area contributed by atoms with Crippen molar-refractivity contribution in [2.24, 2.45) is 0 Å². The quantitative estimate of drug-likeness (QED) is 0.728. The van der Waals surface area contributed by atoms with Gasteiger partial charge in [-0.3, -0.25) is 9.67 Å². The summed E-state index contributed by atoms with van der Waals surface area (Å²) in [5.41, 5.74) is 2.36. The zero-order chi connectivity index (χ0) is 17.7. The fourth-order valence-electron chi connectivity index (χ4n) is 2.27. The minimum Gasteiger partial charge on any atom is -0.271 e. The zero-order valence-electron chi connectivity index (χ0n) is 13.2. The van der Waals surface area contributed by atoms with Gasteiger partial charge in [0, 0.05) is 30.7 Å². The lowest BCUT2D eigenvalue weighted by atomic mass is 10.1. The highest BCUT2D eigenvalue weighted by Crippen LogP contribution is 2.16. The second-order valence-corrected chi connectivity index (χ2v) is 7.03. The van der Waals surface area contributed by atoms with Gasteiger partial charge in [-0.1, -0.05) is 0 Å². The number of pyridine rings is 1. The molecule has 0 unspecified atom stereocenters. The fourth-order valence-corrected chi connectivity index (χ4v) is 3.29. The number of rotatable bonds is 6. The van der Waals surface area contributed by atoms with Crippen LogP contribution in [-0.2, 0) is 16.6 Å². The molecular formula is C17H15N5O2S. The molecule has 2 aromatic heterocycles. The van der Waals surface area contributed by atoms with E-state index in [-0.39, 0.29) is 11.4 Å². The minimum atomic E-state index is -3.61. The largest absolute Gasteiger partial charge is 0.271 e. The Hall–Kier alpha value is -3.02. The van der Waals surface area contributed by atoms with Crippen LogP contribution in [0.2, 0.25) is 0 Å². The van der Waals surface area contributed by atoms with Crippen LogP contribution in [-0.4, -0.2) is 29.7 Å². The van der Waals surface area contributed by atoms with Gasteiger partial charge in [-0.25, -0.2) is 13.1 Å². The third-order valence-electron chi connectivity index (χ3n) is 3.57. The summed E-state index contributed by atoms with van der Waals surface area (Å²) >= 11 is 0. The first-order chi connectivity index (χ1) is 12.1. The Kier molecular flexibility index (Phi) is 4.88. The van der Waals surface area contributed by atoms with Crippen molar-refractivity contribution in [3.05, 3.63) is 66.7 Å². The molecule has 7 nitrogen and oxygen atoms in total. The van der Waals surface area contributed by atoms with Crippen molar-refractivity contribution in [1.82, 2.24) is 19.5 Å². The molecule has 0 aliphatic carbocycles. The normalized spacial score (nSPS) is 11.2. The molecule has 0 spiro atoms. The van der Waals surface area contributed by atoms with Crippen molar-refractivity contribution in [1.29, 1.82) is 5.26 Å². The minimum absolute atomic E-state index is 0.129. The van der Waals surface area contributed by atoms with Gasteiger partial charge in [-0.15, -0.1) is 0 Å². The van der Waals surface area contributed by atoms with E-state index in [4.69, 9.17) is 5.26 Å². The summed E-state index contributed by atoms with van der Waals surface area (Å²) in [5, 5.41) is 13.0. The number of sulfonamides is 1. The van der Waals surface area contributed by atoms with Crippen molar-refractivity contribution in [2.75, 3.05) is 6.54 Å². The first-order valence-electron chi connectivity index (χ1n) is 7.51. The van der Waals surface area contributed by atoms with Crippen LogP contribution in [0.5, 0.6) is 0 Å². The maximum atomic E-state index is 12.2. The van der Waals surface area contributed by atoms with Gasteiger partial charge in [-0.05, 0) is 42.0 Å². The van der Waals surface area contributed by atoms with E-state index in [1.807, 2.05) is 24.4 Å². The summed E-state index contributed by atoms with van der Waals surface area (Å²) in [6.07, 6.45) is 6.99. The van der Waals surface area contributed by atoms with E-state index in [9.17, 15) is 8.42 Å². The Morgan fingerprint density at radius 3 is 2.48 bits per heavy atom. The highest BCUT2D eigenvalue weighted by atomic mass is 32.2. The molecule has 0 radical (unpaired) electrons. The number of benzene rings is 1. The van der Waals surface area contributed by atoms with E-state index in [0.717, 1.165) is 11.1 Å². The molecule has 8 heteroatoms. The predicted molar refractivity (Wildman–Crippen MR) is 91.8 cm³/mol. The van der Waals surface area contributed by atoms with Gasteiger partial charge in [0.15, 0.2) is 0 Å². The van der Waals surface area contributed by atoms with Gasteiger partial charge in [0.1, 0.15) is 0 Å². The SMILES string of the molecule is N#Cc1ccc(S(=O)(=O)NCCn2cc(-c3ccncc3)cn2)cc1. The summed E-state index contributed by atoms with van der Waals surface area (Å²) in [7, 11) is -3.61. The number of nitrogens with one attached hydrogen (secondary N) is 1. The third kappa shape index (κ3) is 4.09. The third-order valence-corrected chi connectivity index (χ3v) is 5.05. The molecule has 1 N–H and O–H groups in total. The zero-order valence-corrected chi connectivity index (χ0v) is 14.0. The Bertz CT molecular complexity index is 990. The summed E-state index contributed by atoms with van der Waals surface area (Å²) in [6.45, 7) is 0.612. The number of hydrogen-bond acceptors (Lipinski definition) is 5. The van der Waals surface area contributed by atoms with E-state index in [1.165, 1.54) is 24.3 Å². The molecule has 0 saturated carbocycles. The Balaban J connectivity index is 1.61. The molecule has 25 heavy (non-hydrogen) atoms. The highest BCUT2D eigenvalue weighted by Gasteiger charge is 2.13. The number of hydrogen-bond donors (Lipinski definition) is 1. The molecule has 3 rings (SSSR count). The molecule has 0 fully saturated rings. The number of nitrogens with zero attached hydrogens (tertiary/aromatic N) is 4. The summed E-state index contributed by atoms with van der Waals surface area (Å²) in [5.74, 6) is 0. The molecule has 0 atom stereocenters. The van der Waals surface area contributed by atoms with Gasteiger partial charge >= 0.3 is 0 Å². The molecule has 2 heterocycles. The Labute approximate surface area is 145 Å². The van der Waals surface area contributed by atoms with Crippen molar-refractivity contribution >= 4 is 10.0 Å². The molecule has 1 aromatic carbocycles. The second kappa shape index (κ2) is 7.25. The summed E-state index contributed by atoms with van der Waals surface area (Å²) in [4.78, 5) is 4.10. The monoisotopic (exact) mass is 353 g/mol. The molecule has 0 aliphatic rings. The standard InChI is InChI=1S/C17H15N5O2S/c18-11-14-1-3-17(4-2-14)25(23,24)21-9-10-22-13-16(12-20-22)15-5-7-19-8-6-15/h1-8,12-13,21H,9-10H2. The molecule has 0 aliphatic heterocycles. The van der Waals surface area contributed by atoms with Crippen molar-refractivity contribution in [3.63, 3.8) is 0 Å². The fraction of sp³-hybridized carbons (Fsp3) is 0.118. The van der Waals surface area contributed by atoms with E-state index < -0.39 is 10.0 Å². The smallest absolute Gasteiger partial charge is 0.240 e. The molecular weight excluding hydrogens is 338 g/mol. The predicted octanol–water partition coefficient (Wildman–Crippen LogP) is 1.80. The van der Waals surface area contributed by atoms with Crippen LogP contribution in [0.3, 0.4) is 0 Å². The summed E-state index contributed by atoms with van der Waals surface area (Å²) < 4.78 is 28.6. The van der Waals surface area contributed by atoms with E-state index in [2.05, 4.69) is 14.8 Å². The van der Waals surface area contributed by atoms with Crippen LogP contribution < -0.4 is 4.72 Å². The van der Waals surface area contributed by atoms with Crippen molar-refractivity contribution in [2.45, 2.75) is 11.4 Å². The van der Waals surface area contributed by atoms with E-state index >= 15 is 0 Å². The van der Waals surface area contributed by atoms with Crippen LogP contribution in [0.4, 0.5) is 0 Å².